The number of hydrogen-bond donors (Lipinski definition) is 2. The fourth-order valence-corrected chi connectivity index (χ4v) is 4.62. The first kappa shape index (κ1) is 35.4. The van der Waals surface area contributed by atoms with Gasteiger partial charge in [0, 0.05) is 47.9 Å². The van der Waals surface area contributed by atoms with Crippen LogP contribution >= 0.6 is 23.2 Å². The molecule has 0 radical (unpaired) electrons. The molecule has 2 heterocycles. The molecule has 0 saturated heterocycles. The van der Waals surface area contributed by atoms with Gasteiger partial charge < -0.3 is 28.7 Å². The number of aromatic carboxylic acids is 1. The molecule has 14 heteroatoms. The Hall–Kier alpha value is -5.46. The van der Waals surface area contributed by atoms with Gasteiger partial charge in [0.1, 0.15) is 40.3 Å². The van der Waals surface area contributed by atoms with Crippen molar-refractivity contribution in [2.75, 3.05) is 5.32 Å². The van der Waals surface area contributed by atoms with E-state index in [1.807, 2.05) is 0 Å². The molecule has 0 fully saturated rings. The number of carbonyl (C=O) groups excluding carboxylic acids is 3. The first-order valence-electron chi connectivity index (χ1n) is 13.9. The highest BCUT2D eigenvalue weighted by Crippen LogP contribution is 2.28. The lowest BCUT2D eigenvalue weighted by molar-refractivity contribution is -0.132. The lowest BCUT2D eigenvalue weighted by atomic mass is 10.1. The summed E-state index contributed by atoms with van der Waals surface area (Å²) in [5.74, 6) is -3.45. The van der Waals surface area contributed by atoms with E-state index < -0.39 is 41.1 Å². The number of carboxylic acids is 1. The van der Waals surface area contributed by atoms with Crippen molar-refractivity contribution in [3.8, 4) is 11.5 Å². The number of nitrogens with one attached hydrogen (secondary N) is 1. The molecule has 3 aromatic carbocycles. The summed E-state index contributed by atoms with van der Waals surface area (Å²) in [4.78, 5) is 45.2. The minimum Gasteiger partial charge on any atom is -0.475 e. The molecule has 0 saturated carbocycles. The molecule has 5 rings (SSSR count). The van der Waals surface area contributed by atoms with Gasteiger partial charge in [0.05, 0.1) is 0 Å². The maximum Gasteiger partial charge on any atom is 0.371 e. The number of hydrogen-bond acceptors (Lipinski definition) is 8. The number of esters is 2. The molecule has 10 nitrogen and oxygen atoms in total. The Morgan fingerprint density at radius 3 is 1.60 bits per heavy atom. The van der Waals surface area contributed by atoms with Crippen LogP contribution in [0.1, 0.15) is 57.6 Å². The van der Waals surface area contributed by atoms with Crippen LogP contribution in [0.15, 0.2) is 87.7 Å². The number of benzene rings is 3. The fourth-order valence-electron chi connectivity index (χ4n) is 4.23. The van der Waals surface area contributed by atoms with Crippen molar-refractivity contribution in [2.45, 2.75) is 26.7 Å². The van der Waals surface area contributed by atoms with E-state index in [-0.39, 0.29) is 24.4 Å². The van der Waals surface area contributed by atoms with Gasteiger partial charge in [-0.25, -0.2) is 13.6 Å². The van der Waals surface area contributed by atoms with Crippen LogP contribution in [0.25, 0.3) is 0 Å². The van der Waals surface area contributed by atoms with E-state index >= 15 is 0 Å². The van der Waals surface area contributed by atoms with Crippen LogP contribution < -0.4 is 14.8 Å². The third kappa shape index (κ3) is 9.77. The van der Waals surface area contributed by atoms with Crippen LogP contribution in [0.4, 0.5) is 14.5 Å². The van der Waals surface area contributed by atoms with Gasteiger partial charge in [-0.2, -0.15) is 0 Å². The Kier molecular flexibility index (Phi) is 11.7. The Labute approximate surface area is 281 Å². The first-order chi connectivity index (χ1) is 22.8. The van der Waals surface area contributed by atoms with Crippen LogP contribution in [0.5, 0.6) is 11.5 Å². The normalized spacial score (nSPS) is 10.5. The fraction of sp³-hybridized carbons (Fsp3) is 0.118. The monoisotopic (exact) mass is 699 g/mol. The zero-order valence-electron chi connectivity index (χ0n) is 25.1. The van der Waals surface area contributed by atoms with Gasteiger partial charge in [0.25, 0.3) is 5.91 Å². The van der Waals surface area contributed by atoms with Crippen molar-refractivity contribution >= 4 is 52.7 Å². The SMILES string of the molecule is CC(=O)Oc1ccc(Cl)cc1Cc1ccc(C(=O)Nc2c(F)cccc2F)o1.CC(=O)Oc1ccc(Cl)cc1Cc1ccc(C(=O)O)o1. The van der Waals surface area contributed by atoms with E-state index in [2.05, 4.69) is 5.32 Å². The number of amides is 1. The van der Waals surface area contributed by atoms with E-state index in [0.717, 1.165) is 12.1 Å². The van der Waals surface area contributed by atoms with Gasteiger partial charge in [-0.15, -0.1) is 0 Å². The quantitative estimate of drug-likeness (QED) is 0.115. The summed E-state index contributed by atoms with van der Waals surface area (Å²) in [7, 11) is 0. The summed E-state index contributed by atoms with van der Waals surface area (Å²) in [6.07, 6.45) is 0.459. The maximum atomic E-state index is 13.7. The second kappa shape index (κ2) is 15.9. The molecule has 0 bridgehead atoms. The first-order valence-corrected chi connectivity index (χ1v) is 14.6. The third-order valence-corrected chi connectivity index (χ3v) is 6.71. The zero-order chi connectivity index (χ0) is 35.0. The molecule has 0 spiro atoms. The summed E-state index contributed by atoms with van der Waals surface area (Å²) in [5.41, 5.74) is 0.653. The lowest BCUT2D eigenvalue weighted by Crippen LogP contribution is -2.13. The van der Waals surface area contributed by atoms with Crippen LogP contribution in [-0.4, -0.2) is 28.9 Å². The average molecular weight is 700 g/mol. The Balaban J connectivity index is 0.000000229. The lowest BCUT2D eigenvalue weighted by Gasteiger charge is -2.08. The highest BCUT2D eigenvalue weighted by molar-refractivity contribution is 6.31. The van der Waals surface area contributed by atoms with E-state index in [1.54, 1.807) is 42.5 Å². The van der Waals surface area contributed by atoms with Crippen LogP contribution in [0, 0.1) is 11.6 Å². The summed E-state index contributed by atoms with van der Waals surface area (Å²) in [5, 5.41) is 11.9. The molecule has 48 heavy (non-hydrogen) atoms. The Morgan fingerprint density at radius 1 is 0.708 bits per heavy atom. The molecule has 0 atom stereocenters. The second-order valence-electron chi connectivity index (χ2n) is 9.93. The van der Waals surface area contributed by atoms with E-state index in [4.69, 9.17) is 46.6 Å². The number of ether oxygens (including phenoxy) is 2. The molecule has 2 N–H and O–H groups in total. The van der Waals surface area contributed by atoms with Crippen molar-refractivity contribution in [3.63, 3.8) is 0 Å². The summed E-state index contributed by atoms with van der Waals surface area (Å²) >= 11 is 11.9. The molecule has 1 amide bonds. The third-order valence-electron chi connectivity index (χ3n) is 6.24. The molecule has 0 aliphatic carbocycles. The molecule has 0 aliphatic heterocycles. The molecular formula is C34H25Cl2F2NO9. The highest BCUT2D eigenvalue weighted by atomic mass is 35.5. The zero-order valence-corrected chi connectivity index (χ0v) is 26.7. The van der Waals surface area contributed by atoms with Gasteiger partial charge in [0.2, 0.25) is 5.76 Å². The molecule has 248 valence electrons. The largest absolute Gasteiger partial charge is 0.475 e. The standard InChI is InChI=1S/C20H14ClF2NO4.C14H11ClO5/c1-11(25)27-17-7-5-13(21)9-12(17)10-14-6-8-18(28-14)20(26)24-19-15(22)3-2-4-16(19)23;1-8(16)19-12-4-2-10(15)6-9(12)7-11-3-5-13(20-11)14(17)18/h2-9H,10H2,1H3,(H,24,26);2-6H,7H2,1H3,(H,17,18). The maximum absolute atomic E-state index is 13.7. The predicted octanol–water partition coefficient (Wildman–Crippen LogP) is 8.13. The van der Waals surface area contributed by atoms with Gasteiger partial charge >= 0.3 is 17.9 Å². The van der Waals surface area contributed by atoms with E-state index in [1.165, 1.54) is 38.1 Å². The van der Waals surface area contributed by atoms with Crippen molar-refractivity contribution in [1.82, 2.24) is 0 Å². The summed E-state index contributed by atoms with van der Waals surface area (Å²) < 4.78 is 48.2. The predicted molar refractivity (Wildman–Crippen MR) is 170 cm³/mol. The van der Waals surface area contributed by atoms with E-state index in [9.17, 15) is 28.0 Å². The molecule has 0 unspecified atom stereocenters. The number of furan rings is 2. The number of anilines is 1. The number of carboxylic acid groups (broad SMARTS) is 1. The Bertz CT molecular complexity index is 1970. The van der Waals surface area contributed by atoms with Gasteiger partial charge in [-0.1, -0.05) is 29.3 Å². The molecule has 2 aromatic heterocycles. The molecular weight excluding hydrogens is 675 g/mol. The number of para-hydroxylation sites is 1. The smallest absolute Gasteiger partial charge is 0.371 e. The van der Waals surface area contributed by atoms with Crippen molar-refractivity contribution in [3.05, 3.63) is 135 Å². The van der Waals surface area contributed by atoms with Crippen molar-refractivity contribution in [2.24, 2.45) is 0 Å². The van der Waals surface area contributed by atoms with Crippen molar-refractivity contribution in [1.29, 1.82) is 0 Å². The molecule has 0 aliphatic rings. The van der Waals surface area contributed by atoms with Crippen molar-refractivity contribution < 1.29 is 51.4 Å². The minimum absolute atomic E-state index is 0.131. The van der Waals surface area contributed by atoms with Gasteiger partial charge in [0.15, 0.2) is 5.76 Å². The number of rotatable bonds is 9. The van der Waals surface area contributed by atoms with Gasteiger partial charge in [-0.3, -0.25) is 14.4 Å². The van der Waals surface area contributed by atoms with E-state index in [0.29, 0.717) is 44.2 Å². The summed E-state index contributed by atoms with van der Waals surface area (Å²) in [6, 6.07) is 18.7. The van der Waals surface area contributed by atoms with Crippen LogP contribution in [0.3, 0.4) is 0 Å². The summed E-state index contributed by atoms with van der Waals surface area (Å²) in [6.45, 7) is 2.57. The Morgan fingerprint density at radius 2 is 1.17 bits per heavy atom. The minimum atomic E-state index is -1.14. The topological polar surface area (TPSA) is 145 Å². The van der Waals surface area contributed by atoms with Gasteiger partial charge in [-0.05, 0) is 72.8 Å². The number of halogens is 4. The molecule has 5 aromatic rings. The second-order valence-corrected chi connectivity index (χ2v) is 10.8. The highest BCUT2D eigenvalue weighted by Gasteiger charge is 2.18. The number of carbonyl (C=O) groups is 4. The van der Waals surface area contributed by atoms with Crippen LogP contribution in [-0.2, 0) is 22.4 Å². The van der Waals surface area contributed by atoms with Crippen LogP contribution in [0.2, 0.25) is 10.0 Å². The average Bonchev–Trinajstić information content (AvgIpc) is 3.68.